The van der Waals surface area contributed by atoms with Gasteiger partial charge in [0.2, 0.25) is 0 Å². The van der Waals surface area contributed by atoms with E-state index >= 15 is 0 Å². The van der Waals surface area contributed by atoms with Gasteiger partial charge in [0.25, 0.3) is 0 Å². The van der Waals surface area contributed by atoms with Crippen molar-refractivity contribution in [3.8, 4) is 0 Å². The molecular formula is C10H18N2O3S. The van der Waals surface area contributed by atoms with Crippen LogP contribution in [0.1, 0.15) is 13.8 Å². The van der Waals surface area contributed by atoms with E-state index in [1.165, 1.54) is 11.9 Å². The molecule has 92 valence electrons. The first-order valence-corrected chi connectivity index (χ1v) is 6.33. The molecule has 0 aromatic carbocycles. The van der Waals surface area contributed by atoms with Crippen molar-refractivity contribution in [2.75, 3.05) is 25.9 Å². The Hall–Kier alpha value is -0.910. The molecular weight excluding hydrogens is 228 g/mol. The molecule has 5 nitrogen and oxygen atoms in total. The number of rotatable bonds is 2. The van der Waals surface area contributed by atoms with Crippen LogP contribution in [0.4, 0.5) is 4.79 Å². The first-order valence-electron chi connectivity index (χ1n) is 5.28. The Morgan fingerprint density at radius 3 is 2.69 bits per heavy atom. The van der Waals surface area contributed by atoms with E-state index in [1.807, 2.05) is 18.7 Å². The average Bonchev–Trinajstić information content (AvgIpc) is 2.20. The number of urea groups is 1. The largest absolute Gasteiger partial charge is 0.480 e. The summed E-state index contributed by atoms with van der Waals surface area (Å²) in [4.78, 5) is 25.5. The lowest BCUT2D eigenvalue weighted by molar-refractivity contribution is -0.137. The number of nitrogens with zero attached hydrogens (tertiary/aromatic N) is 2. The second kappa shape index (κ2) is 5.43. The van der Waals surface area contributed by atoms with Gasteiger partial charge in [0.05, 0.1) is 0 Å². The maximum atomic E-state index is 12.0. The van der Waals surface area contributed by atoms with Gasteiger partial charge < -0.3 is 14.9 Å². The topological polar surface area (TPSA) is 60.9 Å². The second-order valence-corrected chi connectivity index (χ2v) is 5.53. The minimum Gasteiger partial charge on any atom is -0.480 e. The van der Waals surface area contributed by atoms with Crippen molar-refractivity contribution in [1.82, 2.24) is 9.80 Å². The maximum absolute atomic E-state index is 12.0. The molecule has 0 bridgehead atoms. The molecule has 1 saturated heterocycles. The van der Waals surface area contributed by atoms with Gasteiger partial charge in [-0.25, -0.2) is 4.79 Å². The van der Waals surface area contributed by atoms with Crippen LogP contribution in [0, 0.1) is 0 Å². The van der Waals surface area contributed by atoms with Crippen molar-refractivity contribution >= 4 is 23.8 Å². The van der Waals surface area contributed by atoms with Crippen molar-refractivity contribution in [3.05, 3.63) is 0 Å². The Morgan fingerprint density at radius 1 is 1.50 bits per heavy atom. The molecule has 1 heterocycles. The fourth-order valence-corrected chi connectivity index (χ4v) is 2.79. The van der Waals surface area contributed by atoms with E-state index < -0.39 is 5.97 Å². The minimum absolute atomic E-state index is 0.155. The smallest absolute Gasteiger partial charge is 0.323 e. The van der Waals surface area contributed by atoms with Crippen molar-refractivity contribution in [2.24, 2.45) is 0 Å². The van der Waals surface area contributed by atoms with Crippen LogP contribution in [0.2, 0.25) is 0 Å². The molecule has 1 N–H and O–H groups in total. The molecule has 2 atom stereocenters. The number of likely N-dealkylation sites (N-methyl/N-ethyl adjacent to an activating group) is 1. The summed E-state index contributed by atoms with van der Waals surface area (Å²) < 4.78 is 0. The average molecular weight is 246 g/mol. The third-order valence-corrected chi connectivity index (χ3v) is 4.17. The quantitative estimate of drug-likeness (QED) is 0.788. The van der Waals surface area contributed by atoms with Gasteiger partial charge in [0, 0.05) is 30.6 Å². The van der Waals surface area contributed by atoms with E-state index in [9.17, 15) is 9.59 Å². The Balaban J connectivity index is 2.61. The van der Waals surface area contributed by atoms with E-state index in [4.69, 9.17) is 5.11 Å². The summed E-state index contributed by atoms with van der Waals surface area (Å²) in [5.41, 5.74) is 0. The fourth-order valence-electron chi connectivity index (χ4n) is 1.69. The van der Waals surface area contributed by atoms with Crippen molar-refractivity contribution < 1.29 is 14.7 Å². The molecule has 16 heavy (non-hydrogen) atoms. The number of hydrogen-bond acceptors (Lipinski definition) is 3. The SMILES string of the molecule is CC1SCCN(C(=O)N(C)CC(=O)O)C1C. The number of hydrogen-bond donors (Lipinski definition) is 1. The van der Waals surface area contributed by atoms with Crippen molar-refractivity contribution in [3.63, 3.8) is 0 Å². The second-order valence-electron chi connectivity index (χ2n) is 4.04. The number of amides is 2. The molecule has 0 aromatic rings. The van der Waals surface area contributed by atoms with Crippen molar-refractivity contribution in [2.45, 2.75) is 25.1 Å². The Bertz CT molecular complexity index is 285. The predicted octanol–water partition coefficient (Wildman–Crippen LogP) is 0.949. The van der Waals surface area contributed by atoms with Gasteiger partial charge >= 0.3 is 12.0 Å². The third-order valence-electron chi connectivity index (χ3n) is 2.83. The zero-order valence-electron chi connectivity index (χ0n) is 9.84. The highest BCUT2D eigenvalue weighted by Gasteiger charge is 2.30. The van der Waals surface area contributed by atoms with Crippen LogP contribution in [-0.4, -0.2) is 64.1 Å². The third kappa shape index (κ3) is 3.04. The van der Waals surface area contributed by atoms with E-state index in [0.717, 1.165) is 5.75 Å². The van der Waals surface area contributed by atoms with E-state index in [2.05, 4.69) is 6.92 Å². The number of carbonyl (C=O) groups excluding carboxylic acids is 1. The molecule has 0 radical (unpaired) electrons. The fraction of sp³-hybridized carbons (Fsp3) is 0.800. The summed E-state index contributed by atoms with van der Waals surface area (Å²) in [5, 5.41) is 9.03. The van der Waals surface area contributed by atoms with Crippen LogP contribution in [0.15, 0.2) is 0 Å². The van der Waals surface area contributed by atoms with Gasteiger partial charge in [-0.2, -0.15) is 11.8 Å². The Kier molecular flexibility index (Phi) is 4.46. The lowest BCUT2D eigenvalue weighted by atomic mass is 10.2. The lowest BCUT2D eigenvalue weighted by Gasteiger charge is -2.39. The summed E-state index contributed by atoms with van der Waals surface area (Å²) in [5.74, 6) is -0.0686. The molecule has 0 saturated carbocycles. The molecule has 1 fully saturated rings. The molecule has 0 spiro atoms. The highest BCUT2D eigenvalue weighted by molar-refractivity contribution is 8.00. The molecule has 0 aromatic heterocycles. The minimum atomic E-state index is -0.983. The number of carbonyl (C=O) groups is 2. The molecule has 1 aliphatic heterocycles. The van der Waals surface area contributed by atoms with Crippen LogP contribution < -0.4 is 0 Å². The summed E-state index contributed by atoms with van der Waals surface area (Å²) in [7, 11) is 1.52. The molecule has 2 unspecified atom stereocenters. The van der Waals surface area contributed by atoms with Crippen LogP contribution in [0.3, 0.4) is 0 Å². The molecule has 1 aliphatic rings. The summed E-state index contributed by atoms with van der Waals surface area (Å²) in [6.07, 6.45) is 0. The van der Waals surface area contributed by atoms with Gasteiger partial charge in [-0.3, -0.25) is 4.79 Å². The van der Waals surface area contributed by atoms with Crippen LogP contribution >= 0.6 is 11.8 Å². The Labute approximate surface area is 99.8 Å². The number of thioether (sulfide) groups is 1. The first-order chi connectivity index (χ1) is 7.43. The van der Waals surface area contributed by atoms with Gasteiger partial charge in [-0.1, -0.05) is 6.92 Å². The van der Waals surface area contributed by atoms with E-state index in [-0.39, 0.29) is 18.6 Å². The first kappa shape index (κ1) is 13.2. The Morgan fingerprint density at radius 2 is 2.12 bits per heavy atom. The standard InChI is InChI=1S/C10H18N2O3S/c1-7-8(2)16-5-4-12(7)10(15)11(3)6-9(13)14/h7-8H,4-6H2,1-3H3,(H,13,14). The van der Waals surface area contributed by atoms with Crippen LogP contribution in [0.25, 0.3) is 0 Å². The molecule has 1 rings (SSSR count). The number of carboxylic acid groups (broad SMARTS) is 1. The summed E-state index contributed by atoms with van der Waals surface area (Å²) >= 11 is 1.84. The molecule has 0 aliphatic carbocycles. The zero-order valence-corrected chi connectivity index (χ0v) is 10.7. The maximum Gasteiger partial charge on any atom is 0.323 e. The van der Waals surface area contributed by atoms with Gasteiger partial charge in [-0.05, 0) is 6.92 Å². The monoisotopic (exact) mass is 246 g/mol. The van der Waals surface area contributed by atoms with E-state index in [0.29, 0.717) is 11.8 Å². The van der Waals surface area contributed by atoms with Crippen LogP contribution in [0.5, 0.6) is 0 Å². The highest BCUT2D eigenvalue weighted by atomic mass is 32.2. The zero-order chi connectivity index (χ0) is 12.3. The number of aliphatic carboxylic acids is 1. The molecule has 2 amide bonds. The van der Waals surface area contributed by atoms with E-state index in [1.54, 1.807) is 4.90 Å². The predicted molar refractivity (Wildman–Crippen MR) is 63.7 cm³/mol. The summed E-state index contributed by atoms with van der Waals surface area (Å²) in [6.45, 7) is 4.54. The lowest BCUT2D eigenvalue weighted by Crippen LogP contribution is -2.53. The van der Waals surface area contributed by atoms with Gasteiger partial charge in [-0.15, -0.1) is 0 Å². The summed E-state index contributed by atoms with van der Waals surface area (Å²) in [6, 6.07) is -0.0375. The van der Waals surface area contributed by atoms with Gasteiger partial charge in [0.1, 0.15) is 6.54 Å². The highest BCUT2D eigenvalue weighted by Crippen LogP contribution is 2.24. The normalized spacial score (nSPS) is 25.3. The van der Waals surface area contributed by atoms with Crippen LogP contribution in [-0.2, 0) is 4.79 Å². The molecule has 6 heteroatoms. The van der Waals surface area contributed by atoms with Gasteiger partial charge in [0.15, 0.2) is 0 Å². The number of carboxylic acids is 1. The van der Waals surface area contributed by atoms with Crippen molar-refractivity contribution in [1.29, 1.82) is 0 Å².